The molecule has 0 radical (unpaired) electrons. The lowest BCUT2D eigenvalue weighted by Gasteiger charge is -2.35. The monoisotopic (exact) mass is 227 g/mol. The van der Waals surface area contributed by atoms with Crippen LogP contribution < -0.4 is 5.73 Å². The van der Waals surface area contributed by atoms with E-state index in [1.54, 1.807) is 6.92 Å². The normalized spacial score (nSPS) is 39.8. The number of hydrogen-bond donors (Lipinski definition) is 4. The quantitative estimate of drug-likeness (QED) is 0.442. The second-order valence-corrected chi connectivity index (χ2v) is 4.49. The van der Waals surface area contributed by atoms with Crippen LogP contribution in [-0.4, -0.2) is 39.4 Å². The van der Waals surface area contributed by atoms with Crippen molar-refractivity contribution in [2.45, 2.75) is 37.9 Å². The first-order valence-corrected chi connectivity index (χ1v) is 5.65. The van der Waals surface area contributed by atoms with Crippen LogP contribution in [0.2, 0.25) is 0 Å². The molecule has 0 unspecified atom stereocenters. The molecule has 8 heteroatoms. The van der Waals surface area contributed by atoms with Crippen molar-refractivity contribution in [2.75, 3.05) is 0 Å². The Bertz CT molecular complexity index is 242. The van der Waals surface area contributed by atoms with Crippen molar-refractivity contribution >= 4 is 7.82 Å². The van der Waals surface area contributed by atoms with Crippen molar-refractivity contribution in [2.24, 2.45) is 5.73 Å². The van der Waals surface area contributed by atoms with Crippen LogP contribution in [0.1, 0.15) is 13.3 Å². The molecule has 0 saturated carbocycles. The Hall–Kier alpha value is -0.0100. The highest BCUT2D eigenvalue weighted by molar-refractivity contribution is 7.46. The summed E-state index contributed by atoms with van der Waals surface area (Å²) in [7, 11) is -4.67. The third kappa shape index (κ3) is 3.29. The van der Waals surface area contributed by atoms with Gasteiger partial charge in [0.15, 0.2) is 6.29 Å². The molecule has 0 aromatic rings. The summed E-state index contributed by atoms with van der Waals surface area (Å²) in [5.74, 6) is 0. The number of ether oxygens (including phenoxy) is 1. The van der Waals surface area contributed by atoms with Gasteiger partial charge in [0.25, 0.3) is 0 Å². The number of phosphoric acid groups is 1. The lowest BCUT2D eigenvalue weighted by atomic mass is 10.0. The van der Waals surface area contributed by atoms with E-state index in [-0.39, 0.29) is 6.10 Å². The van der Waals surface area contributed by atoms with E-state index in [0.29, 0.717) is 6.42 Å². The van der Waals surface area contributed by atoms with E-state index in [1.165, 1.54) is 0 Å². The Morgan fingerprint density at radius 2 is 2.14 bits per heavy atom. The number of rotatable bonds is 2. The molecule has 0 spiro atoms. The third-order valence-corrected chi connectivity index (χ3v) is 2.41. The van der Waals surface area contributed by atoms with Crippen molar-refractivity contribution in [3.05, 3.63) is 0 Å². The summed E-state index contributed by atoms with van der Waals surface area (Å²) in [5, 5.41) is 9.40. The van der Waals surface area contributed by atoms with Crippen molar-refractivity contribution in [1.82, 2.24) is 0 Å². The zero-order valence-corrected chi connectivity index (χ0v) is 8.50. The fourth-order valence-electron chi connectivity index (χ4n) is 1.31. The molecule has 1 fully saturated rings. The van der Waals surface area contributed by atoms with E-state index in [9.17, 15) is 9.67 Å². The molecular formula is C6H14NO6P. The largest absolute Gasteiger partial charge is 0.472 e. The Labute approximate surface area is 81.1 Å². The summed E-state index contributed by atoms with van der Waals surface area (Å²) >= 11 is 0. The van der Waals surface area contributed by atoms with Gasteiger partial charge in [0.2, 0.25) is 0 Å². The van der Waals surface area contributed by atoms with Gasteiger partial charge in [0, 0.05) is 6.04 Å². The summed E-state index contributed by atoms with van der Waals surface area (Å²) in [6.07, 6.45) is -2.47. The fourth-order valence-corrected chi connectivity index (χ4v) is 1.76. The molecule has 5 N–H and O–H groups in total. The highest BCUT2D eigenvalue weighted by atomic mass is 31.2. The van der Waals surface area contributed by atoms with Gasteiger partial charge in [-0.25, -0.2) is 4.57 Å². The topological polar surface area (TPSA) is 122 Å². The SMILES string of the molecule is C[C@@H]1C[C@H](N)[C@@H](O)[C@@H](OP(=O)(O)O)O1. The number of aliphatic hydroxyl groups excluding tert-OH is 1. The molecule has 1 heterocycles. The van der Waals surface area contributed by atoms with E-state index in [4.69, 9.17) is 20.3 Å². The molecule has 0 amide bonds. The Kier molecular flexibility index (Phi) is 3.65. The number of aliphatic hydroxyl groups is 1. The Morgan fingerprint density at radius 1 is 1.57 bits per heavy atom. The molecule has 0 aromatic carbocycles. The van der Waals surface area contributed by atoms with Gasteiger partial charge in [-0.15, -0.1) is 0 Å². The lowest BCUT2D eigenvalue weighted by molar-refractivity contribution is -0.208. The van der Waals surface area contributed by atoms with Crippen molar-refractivity contribution in [1.29, 1.82) is 0 Å². The molecule has 84 valence electrons. The molecular weight excluding hydrogens is 213 g/mol. The average molecular weight is 227 g/mol. The van der Waals surface area contributed by atoms with E-state index < -0.39 is 26.3 Å². The zero-order chi connectivity index (χ0) is 10.9. The summed E-state index contributed by atoms with van der Waals surface area (Å²) in [4.78, 5) is 17.0. The van der Waals surface area contributed by atoms with Gasteiger partial charge >= 0.3 is 7.82 Å². The Morgan fingerprint density at radius 3 is 2.64 bits per heavy atom. The van der Waals surface area contributed by atoms with Crippen LogP contribution in [0, 0.1) is 0 Å². The summed E-state index contributed by atoms with van der Waals surface area (Å²) < 4.78 is 19.7. The van der Waals surface area contributed by atoms with Crippen LogP contribution in [0.3, 0.4) is 0 Å². The molecule has 0 aromatic heterocycles. The lowest BCUT2D eigenvalue weighted by Crippen LogP contribution is -2.52. The van der Waals surface area contributed by atoms with Gasteiger partial charge in [0.05, 0.1) is 6.10 Å². The molecule has 1 saturated heterocycles. The second kappa shape index (κ2) is 4.24. The van der Waals surface area contributed by atoms with Gasteiger partial charge in [-0.1, -0.05) is 0 Å². The van der Waals surface area contributed by atoms with Gasteiger partial charge in [-0.3, -0.25) is 4.52 Å². The van der Waals surface area contributed by atoms with E-state index in [1.807, 2.05) is 0 Å². The summed E-state index contributed by atoms with van der Waals surface area (Å²) in [6, 6.07) is -0.602. The maximum absolute atomic E-state index is 10.5. The van der Waals surface area contributed by atoms with Crippen LogP contribution in [0.15, 0.2) is 0 Å². The van der Waals surface area contributed by atoms with Crippen LogP contribution in [0.4, 0.5) is 0 Å². The smallest absolute Gasteiger partial charge is 0.386 e. The maximum Gasteiger partial charge on any atom is 0.472 e. The zero-order valence-electron chi connectivity index (χ0n) is 7.61. The minimum Gasteiger partial charge on any atom is -0.386 e. The highest BCUT2D eigenvalue weighted by Gasteiger charge is 2.38. The van der Waals surface area contributed by atoms with E-state index >= 15 is 0 Å². The van der Waals surface area contributed by atoms with Crippen molar-refractivity contribution < 1.29 is 28.7 Å². The molecule has 4 atom stereocenters. The van der Waals surface area contributed by atoms with E-state index in [2.05, 4.69) is 4.52 Å². The molecule has 1 rings (SSSR count). The number of phosphoric ester groups is 1. The molecule has 1 aliphatic heterocycles. The number of nitrogens with two attached hydrogens (primary N) is 1. The summed E-state index contributed by atoms with van der Waals surface area (Å²) in [5.41, 5.74) is 5.51. The average Bonchev–Trinajstić information content (AvgIpc) is 1.96. The fraction of sp³-hybridized carbons (Fsp3) is 1.00. The van der Waals surface area contributed by atoms with Gasteiger partial charge in [-0.05, 0) is 13.3 Å². The van der Waals surface area contributed by atoms with E-state index in [0.717, 1.165) is 0 Å². The third-order valence-electron chi connectivity index (χ3n) is 1.93. The first-order chi connectivity index (χ1) is 6.29. The molecule has 0 bridgehead atoms. The maximum atomic E-state index is 10.5. The van der Waals surface area contributed by atoms with Gasteiger partial charge in [-0.2, -0.15) is 0 Å². The van der Waals surface area contributed by atoms with Crippen LogP contribution in [0.25, 0.3) is 0 Å². The molecule has 14 heavy (non-hydrogen) atoms. The minimum atomic E-state index is -4.67. The predicted molar refractivity (Wildman–Crippen MR) is 46.1 cm³/mol. The van der Waals surface area contributed by atoms with Crippen molar-refractivity contribution in [3.8, 4) is 0 Å². The van der Waals surface area contributed by atoms with Crippen molar-refractivity contribution in [3.63, 3.8) is 0 Å². The molecule has 0 aliphatic carbocycles. The summed E-state index contributed by atoms with van der Waals surface area (Å²) in [6.45, 7) is 1.68. The predicted octanol–water partition coefficient (Wildman–Crippen LogP) is -1.08. The number of hydrogen-bond acceptors (Lipinski definition) is 5. The van der Waals surface area contributed by atoms with Gasteiger partial charge in [0.1, 0.15) is 6.10 Å². The first kappa shape index (κ1) is 12.1. The molecule has 7 nitrogen and oxygen atoms in total. The van der Waals surface area contributed by atoms with Crippen LogP contribution in [-0.2, 0) is 13.8 Å². The van der Waals surface area contributed by atoms with Crippen LogP contribution >= 0.6 is 7.82 Å². The molecule has 1 aliphatic rings. The minimum absolute atomic E-state index is 0.301. The first-order valence-electron chi connectivity index (χ1n) is 4.12. The standard InChI is InChI=1S/C6H14NO6P/c1-3-2-4(7)5(8)6(12-3)13-14(9,10)11/h3-6,8H,2,7H2,1H3,(H2,9,10,11)/t3-,4+,5-,6-/m1/s1. The van der Waals surface area contributed by atoms with Gasteiger partial charge < -0.3 is 25.4 Å². The highest BCUT2D eigenvalue weighted by Crippen LogP contribution is 2.40. The Balaban J connectivity index is 2.62. The van der Waals surface area contributed by atoms with Crippen LogP contribution in [0.5, 0.6) is 0 Å². The second-order valence-electron chi connectivity index (χ2n) is 3.30.